The van der Waals surface area contributed by atoms with Gasteiger partial charge in [0, 0.05) is 19.8 Å². The summed E-state index contributed by atoms with van der Waals surface area (Å²) in [4.78, 5) is 22.4. The van der Waals surface area contributed by atoms with E-state index < -0.39 is 18.2 Å². The minimum Gasteiger partial charge on any atom is -0.479 e. The number of carbonyl (C=O) groups excluding carboxylic acids is 1. The normalized spacial score (nSPS) is 22.4. The number of hydrogen-bond acceptors (Lipinski definition) is 4. The monoisotopic (exact) mass is 273 g/mol. The van der Waals surface area contributed by atoms with Gasteiger partial charge >= 0.3 is 5.97 Å². The number of unbranched alkanes of at least 4 members (excludes halogenated alkanes) is 1. The number of rotatable bonds is 9. The van der Waals surface area contributed by atoms with Crippen molar-refractivity contribution in [3.8, 4) is 0 Å². The molecule has 0 spiro atoms. The van der Waals surface area contributed by atoms with Crippen LogP contribution in [0.5, 0.6) is 0 Å². The summed E-state index contributed by atoms with van der Waals surface area (Å²) in [6, 6.07) is 0. The molecule has 0 aromatic rings. The van der Waals surface area contributed by atoms with Gasteiger partial charge in [-0.2, -0.15) is 0 Å². The third kappa shape index (κ3) is 6.02. The quantitative estimate of drug-likeness (QED) is 0.611. The summed E-state index contributed by atoms with van der Waals surface area (Å²) in [6.07, 6.45) is 2.32. The van der Waals surface area contributed by atoms with E-state index in [-0.39, 0.29) is 5.91 Å². The zero-order chi connectivity index (χ0) is 14.1. The number of ether oxygens (including phenoxy) is 2. The standard InChI is InChI=1S/C13H23NO5/c1-2-3-8-18-9-4-7-14-12(15)10-5-6-11(19-10)13(16)17/h10-11H,2-9H2,1H3,(H,14,15)(H,16,17). The van der Waals surface area contributed by atoms with Crippen LogP contribution in [0.2, 0.25) is 0 Å². The molecule has 0 bridgehead atoms. The topological polar surface area (TPSA) is 84.9 Å². The molecule has 1 amide bonds. The Labute approximate surface area is 113 Å². The first-order chi connectivity index (χ1) is 9.15. The predicted octanol–water partition coefficient (Wildman–Crippen LogP) is 0.942. The van der Waals surface area contributed by atoms with Crippen molar-refractivity contribution >= 4 is 11.9 Å². The van der Waals surface area contributed by atoms with Crippen molar-refractivity contribution in [2.75, 3.05) is 19.8 Å². The average molecular weight is 273 g/mol. The second-order valence-corrected chi connectivity index (χ2v) is 4.64. The van der Waals surface area contributed by atoms with Crippen molar-refractivity contribution < 1.29 is 24.2 Å². The molecule has 2 unspecified atom stereocenters. The number of amides is 1. The Hall–Kier alpha value is -1.14. The molecule has 1 saturated heterocycles. The lowest BCUT2D eigenvalue weighted by molar-refractivity contribution is -0.151. The lowest BCUT2D eigenvalue weighted by atomic mass is 10.2. The molecule has 110 valence electrons. The third-order valence-electron chi connectivity index (χ3n) is 2.99. The van der Waals surface area contributed by atoms with Crippen molar-refractivity contribution in [2.45, 2.75) is 51.2 Å². The molecule has 2 N–H and O–H groups in total. The van der Waals surface area contributed by atoms with Gasteiger partial charge in [0.05, 0.1) is 0 Å². The molecule has 0 saturated carbocycles. The maximum absolute atomic E-state index is 11.7. The molecule has 2 atom stereocenters. The van der Waals surface area contributed by atoms with Crippen LogP contribution in [0.3, 0.4) is 0 Å². The van der Waals surface area contributed by atoms with Crippen molar-refractivity contribution in [1.29, 1.82) is 0 Å². The van der Waals surface area contributed by atoms with E-state index in [1.807, 2.05) is 0 Å². The Morgan fingerprint density at radius 2 is 1.95 bits per heavy atom. The molecule has 6 nitrogen and oxygen atoms in total. The van der Waals surface area contributed by atoms with Crippen LogP contribution in [0.15, 0.2) is 0 Å². The maximum Gasteiger partial charge on any atom is 0.332 e. The van der Waals surface area contributed by atoms with E-state index in [1.165, 1.54) is 0 Å². The fraction of sp³-hybridized carbons (Fsp3) is 0.846. The number of aliphatic carboxylic acids is 1. The summed E-state index contributed by atoms with van der Waals surface area (Å²) in [7, 11) is 0. The highest BCUT2D eigenvalue weighted by Gasteiger charge is 2.34. The number of carbonyl (C=O) groups is 2. The first-order valence-electron chi connectivity index (χ1n) is 6.89. The highest BCUT2D eigenvalue weighted by atomic mass is 16.5. The van der Waals surface area contributed by atoms with Gasteiger partial charge in [0.2, 0.25) is 5.91 Å². The predicted molar refractivity (Wildman–Crippen MR) is 68.9 cm³/mol. The second kappa shape index (κ2) is 8.87. The zero-order valence-electron chi connectivity index (χ0n) is 11.4. The van der Waals surface area contributed by atoms with Crippen LogP contribution >= 0.6 is 0 Å². The molecular formula is C13H23NO5. The van der Waals surface area contributed by atoms with Crippen LogP contribution in [0.25, 0.3) is 0 Å². The van der Waals surface area contributed by atoms with Crippen LogP contribution in [-0.2, 0) is 19.1 Å². The van der Waals surface area contributed by atoms with Crippen LogP contribution in [0.4, 0.5) is 0 Å². The summed E-state index contributed by atoms with van der Waals surface area (Å²) in [5.41, 5.74) is 0. The summed E-state index contributed by atoms with van der Waals surface area (Å²) in [5.74, 6) is -1.23. The summed E-state index contributed by atoms with van der Waals surface area (Å²) >= 11 is 0. The van der Waals surface area contributed by atoms with E-state index in [0.29, 0.717) is 26.0 Å². The van der Waals surface area contributed by atoms with Crippen molar-refractivity contribution in [3.05, 3.63) is 0 Å². The van der Waals surface area contributed by atoms with Crippen molar-refractivity contribution in [2.24, 2.45) is 0 Å². The largest absolute Gasteiger partial charge is 0.479 e. The second-order valence-electron chi connectivity index (χ2n) is 4.64. The van der Waals surface area contributed by atoms with Crippen LogP contribution < -0.4 is 5.32 Å². The smallest absolute Gasteiger partial charge is 0.332 e. The zero-order valence-corrected chi connectivity index (χ0v) is 11.4. The van der Waals surface area contributed by atoms with Gasteiger partial charge in [-0.25, -0.2) is 4.79 Å². The number of carboxylic acids is 1. The number of hydrogen-bond donors (Lipinski definition) is 2. The highest BCUT2D eigenvalue weighted by molar-refractivity contribution is 5.82. The van der Waals surface area contributed by atoms with Gasteiger partial charge < -0.3 is 19.9 Å². The number of carboxylic acid groups (broad SMARTS) is 1. The van der Waals surface area contributed by atoms with E-state index in [0.717, 1.165) is 25.9 Å². The van der Waals surface area contributed by atoms with Crippen molar-refractivity contribution in [1.82, 2.24) is 5.32 Å². The minimum atomic E-state index is -1.00. The Morgan fingerprint density at radius 3 is 2.58 bits per heavy atom. The lowest BCUT2D eigenvalue weighted by Gasteiger charge is -2.11. The molecule has 1 fully saturated rings. The fourth-order valence-corrected chi connectivity index (χ4v) is 1.86. The minimum absolute atomic E-state index is 0.225. The Kier molecular flexibility index (Phi) is 7.43. The SMILES string of the molecule is CCCCOCCCNC(=O)C1CCC(C(=O)O)O1. The van der Waals surface area contributed by atoms with Gasteiger partial charge in [0.25, 0.3) is 0 Å². The molecule has 1 heterocycles. The molecular weight excluding hydrogens is 250 g/mol. The first-order valence-corrected chi connectivity index (χ1v) is 6.89. The maximum atomic E-state index is 11.7. The van der Waals surface area contributed by atoms with E-state index in [2.05, 4.69) is 12.2 Å². The average Bonchev–Trinajstić information content (AvgIpc) is 2.87. The van der Waals surface area contributed by atoms with Crippen LogP contribution in [0.1, 0.15) is 39.0 Å². The lowest BCUT2D eigenvalue weighted by Crippen LogP contribution is -2.36. The molecule has 19 heavy (non-hydrogen) atoms. The Morgan fingerprint density at radius 1 is 1.26 bits per heavy atom. The van der Waals surface area contributed by atoms with Crippen molar-refractivity contribution in [3.63, 3.8) is 0 Å². The molecule has 1 aliphatic heterocycles. The molecule has 0 aromatic heterocycles. The Balaban J connectivity index is 2.04. The number of nitrogens with one attached hydrogen (secondary N) is 1. The van der Waals surface area contributed by atoms with Gasteiger partial charge in [-0.15, -0.1) is 0 Å². The first kappa shape index (κ1) is 15.9. The van der Waals surface area contributed by atoms with E-state index in [1.54, 1.807) is 0 Å². The fourth-order valence-electron chi connectivity index (χ4n) is 1.86. The van der Waals surface area contributed by atoms with Gasteiger partial charge in [-0.1, -0.05) is 13.3 Å². The summed E-state index contributed by atoms with van der Waals surface area (Å²) < 4.78 is 10.5. The molecule has 0 aliphatic carbocycles. The third-order valence-corrected chi connectivity index (χ3v) is 2.99. The highest BCUT2D eigenvalue weighted by Crippen LogP contribution is 2.19. The molecule has 0 aromatic carbocycles. The van der Waals surface area contributed by atoms with Crippen LogP contribution in [-0.4, -0.2) is 48.9 Å². The molecule has 1 aliphatic rings. The molecule has 6 heteroatoms. The van der Waals surface area contributed by atoms with Gasteiger partial charge in [-0.3, -0.25) is 4.79 Å². The van der Waals surface area contributed by atoms with Gasteiger partial charge in [0.15, 0.2) is 6.10 Å². The Bertz CT molecular complexity index is 295. The van der Waals surface area contributed by atoms with Crippen LogP contribution in [0, 0.1) is 0 Å². The molecule has 1 rings (SSSR count). The summed E-state index contributed by atoms with van der Waals surface area (Å²) in [5, 5.41) is 11.5. The van der Waals surface area contributed by atoms with E-state index in [4.69, 9.17) is 14.6 Å². The molecule has 0 radical (unpaired) electrons. The van der Waals surface area contributed by atoms with Gasteiger partial charge in [-0.05, 0) is 25.7 Å². The summed E-state index contributed by atoms with van der Waals surface area (Å²) in [6.45, 7) is 4.03. The van der Waals surface area contributed by atoms with Gasteiger partial charge in [0.1, 0.15) is 6.10 Å². The van der Waals surface area contributed by atoms with E-state index in [9.17, 15) is 9.59 Å². The van der Waals surface area contributed by atoms with E-state index >= 15 is 0 Å².